The molecule has 2 aromatic carbocycles. The highest BCUT2D eigenvalue weighted by Crippen LogP contribution is 2.28. The number of aryl methyl sites for hydroxylation is 1. The molecule has 2 rings (SSSR count). The molecule has 0 N–H and O–H groups in total. The fourth-order valence-electron chi connectivity index (χ4n) is 1.69. The quantitative estimate of drug-likeness (QED) is 0.659. The van der Waals surface area contributed by atoms with E-state index in [2.05, 4.69) is 37.9 Å². The van der Waals surface area contributed by atoms with Crippen LogP contribution in [0.5, 0.6) is 17.2 Å². The Morgan fingerprint density at radius 3 is 2.21 bits per heavy atom. The van der Waals surface area contributed by atoms with E-state index in [4.69, 9.17) is 9.47 Å². The highest BCUT2D eigenvalue weighted by molar-refractivity contribution is 9.10. The Labute approximate surface area is 130 Å². The average molecular weight is 386 g/mol. The molecule has 0 spiro atoms. The topological polar surface area (TPSA) is 18.5 Å². The van der Waals surface area contributed by atoms with E-state index in [1.165, 1.54) is 5.56 Å². The summed E-state index contributed by atoms with van der Waals surface area (Å²) >= 11 is 6.99. The van der Waals surface area contributed by atoms with Crippen molar-refractivity contribution >= 4 is 31.9 Å². The number of ether oxygens (including phenoxy) is 2. The predicted octanol–water partition coefficient (Wildman–Crippen LogP) is 5.19. The SMILES string of the molecule is COc1ccc(Oc2ccc(Br)c(CCBr)c2)cc1. The Bertz CT molecular complexity index is 538. The summed E-state index contributed by atoms with van der Waals surface area (Å²) in [6.45, 7) is 0. The van der Waals surface area contributed by atoms with E-state index < -0.39 is 0 Å². The van der Waals surface area contributed by atoms with Crippen molar-refractivity contribution in [1.29, 1.82) is 0 Å². The number of alkyl halides is 1. The molecule has 0 atom stereocenters. The molecule has 0 bridgehead atoms. The zero-order valence-corrected chi connectivity index (χ0v) is 13.7. The fourth-order valence-corrected chi connectivity index (χ4v) is 2.56. The molecule has 2 aromatic rings. The van der Waals surface area contributed by atoms with Crippen molar-refractivity contribution in [3.8, 4) is 17.2 Å². The summed E-state index contributed by atoms with van der Waals surface area (Å²) in [7, 11) is 1.65. The largest absolute Gasteiger partial charge is 0.497 e. The Kier molecular flexibility index (Phi) is 5.28. The van der Waals surface area contributed by atoms with Crippen LogP contribution in [0.3, 0.4) is 0 Å². The summed E-state index contributed by atoms with van der Waals surface area (Å²) in [4.78, 5) is 0. The van der Waals surface area contributed by atoms with Gasteiger partial charge in [-0.3, -0.25) is 0 Å². The van der Waals surface area contributed by atoms with Crippen LogP contribution in [-0.4, -0.2) is 12.4 Å². The smallest absolute Gasteiger partial charge is 0.127 e. The highest BCUT2D eigenvalue weighted by atomic mass is 79.9. The number of benzene rings is 2. The molecule has 0 unspecified atom stereocenters. The van der Waals surface area contributed by atoms with Gasteiger partial charge in [0.25, 0.3) is 0 Å². The Hall–Kier alpha value is -1.000. The van der Waals surface area contributed by atoms with Crippen LogP contribution in [0.2, 0.25) is 0 Å². The standard InChI is InChI=1S/C15H14Br2O2/c1-18-12-2-4-13(5-3-12)19-14-6-7-15(17)11(10-14)8-9-16/h2-7,10H,8-9H2,1H3. The average Bonchev–Trinajstić information content (AvgIpc) is 2.44. The molecule has 0 aliphatic carbocycles. The number of halogens is 2. The van der Waals surface area contributed by atoms with Crippen LogP contribution in [0, 0.1) is 0 Å². The molecule has 2 nitrogen and oxygen atoms in total. The van der Waals surface area contributed by atoms with E-state index >= 15 is 0 Å². The van der Waals surface area contributed by atoms with Crippen molar-refractivity contribution in [1.82, 2.24) is 0 Å². The molecule has 0 aliphatic heterocycles. The van der Waals surface area contributed by atoms with Gasteiger partial charge in [0.2, 0.25) is 0 Å². The molecule has 0 fully saturated rings. The number of methoxy groups -OCH3 is 1. The predicted molar refractivity (Wildman–Crippen MR) is 84.7 cm³/mol. The van der Waals surface area contributed by atoms with Crippen LogP contribution in [0.25, 0.3) is 0 Å². The van der Waals surface area contributed by atoms with Crippen LogP contribution in [0.1, 0.15) is 5.56 Å². The van der Waals surface area contributed by atoms with Crippen molar-refractivity contribution in [2.75, 3.05) is 12.4 Å². The summed E-state index contributed by atoms with van der Waals surface area (Å²) in [5.74, 6) is 2.46. The van der Waals surface area contributed by atoms with Gasteiger partial charge >= 0.3 is 0 Å². The molecule has 100 valence electrons. The minimum absolute atomic E-state index is 0.799. The minimum atomic E-state index is 0.799. The molecule has 0 aromatic heterocycles. The van der Waals surface area contributed by atoms with E-state index in [1.807, 2.05) is 36.4 Å². The lowest BCUT2D eigenvalue weighted by Gasteiger charge is -2.09. The number of hydrogen-bond donors (Lipinski definition) is 0. The lowest BCUT2D eigenvalue weighted by atomic mass is 10.2. The third-order valence-corrected chi connectivity index (χ3v) is 3.85. The van der Waals surface area contributed by atoms with Gasteiger partial charge in [0, 0.05) is 9.80 Å². The van der Waals surface area contributed by atoms with Crippen LogP contribution in [0.4, 0.5) is 0 Å². The molecule has 0 saturated heterocycles. The second-order valence-corrected chi connectivity index (χ2v) is 5.62. The first-order valence-electron chi connectivity index (χ1n) is 5.89. The number of hydrogen-bond acceptors (Lipinski definition) is 2. The summed E-state index contributed by atoms with van der Waals surface area (Å²) in [6, 6.07) is 13.6. The maximum Gasteiger partial charge on any atom is 0.127 e. The molecular weight excluding hydrogens is 372 g/mol. The van der Waals surface area contributed by atoms with Crippen LogP contribution in [0.15, 0.2) is 46.9 Å². The molecule has 0 radical (unpaired) electrons. The van der Waals surface area contributed by atoms with Gasteiger partial charge in [-0.25, -0.2) is 0 Å². The van der Waals surface area contributed by atoms with Gasteiger partial charge in [0.05, 0.1) is 7.11 Å². The third kappa shape index (κ3) is 3.98. The fraction of sp³-hybridized carbons (Fsp3) is 0.200. The van der Waals surface area contributed by atoms with Gasteiger partial charge in [0.15, 0.2) is 0 Å². The van der Waals surface area contributed by atoms with Gasteiger partial charge in [-0.1, -0.05) is 31.9 Å². The van der Waals surface area contributed by atoms with E-state index in [-0.39, 0.29) is 0 Å². The van der Waals surface area contributed by atoms with Crippen molar-refractivity contribution in [2.45, 2.75) is 6.42 Å². The van der Waals surface area contributed by atoms with Gasteiger partial charge in [-0.15, -0.1) is 0 Å². The zero-order valence-electron chi connectivity index (χ0n) is 10.5. The van der Waals surface area contributed by atoms with Crippen molar-refractivity contribution in [2.24, 2.45) is 0 Å². The van der Waals surface area contributed by atoms with Gasteiger partial charge in [-0.05, 0) is 54.4 Å². The van der Waals surface area contributed by atoms with Crippen LogP contribution < -0.4 is 9.47 Å². The first kappa shape index (κ1) is 14.4. The highest BCUT2D eigenvalue weighted by Gasteiger charge is 2.03. The monoisotopic (exact) mass is 384 g/mol. The summed E-state index contributed by atoms with van der Waals surface area (Å²) in [5, 5.41) is 0.928. The third-order valence-electron chi connectivity index (χ3n) is 2.68. The summed E-state index contributed by atoms with van der Waals surface area (Å²) in [6.07, 6.45) is 0.959. The maximum atomic E-state index is 5.83. The second kappa shape index (κ2) is 6.96. The molecule has 0 heterocycles. The summed E-state index contributed by atoms with van der Waals surface area (Å²) < 4.78 is 12.1. The van der Waals surface area contributed by atoms with Crippen LogP contribution in [-0.2, 0) is 6.42 Å². The van der Waals surface area contributed by atoms with Gasteiger partial charge in [0.1, 0.15) is 17.2 Å². The lowest BCUT2D eigenvalue weighted by Crippen LogP contribution is -1.91. The second-order valence-electron chi connectivity index (χ2n) is 3.97. The molecule has 19 heavy (non-hydrogen) atoms. The van der Waals surface area contributed by atoms with Crippen molar-refractivity contribution < 1.29 is 9.47 Å². The molecule has 0 amide bonds. The normalized spacial score (nSPS) is 10.3. The van der Waals surface area contributed by atoms with E-state index in [0.717, 1.165) is 33.5 Å². The first-order valence-corrected chi connectivity index (χ1v) is 7.80. The lowest BCUT2D eigenvalue weighted by molar-refractivity contribution is 0.413. The van der Waals surface area contributed by atoms with Crippen molar-refractivity contribution in [3.63, 3.8) is 0 Å². The molecule has 4 heteroatoms. The number of rotatable bonds is 5. The molecular formula is C15H14Br2O2. The van der Waals surface area contributed by atoms with E-state index in [1.54, 1.807) is 7.11 Å². The Morgan fingerprint density at radius 1 is 0.947 bits per heavy atom. The minimum Gasteiger partial charge on any atom is -0.497 e. The molecule has 0 aliphatic rings. The van der Waals surface area contributed by atoms with E-state index in [0.29, 0.717) is 0 Å². The Morgan fingerprint density at radius 2 is 1.58 bits per heavy atom. The van der Waals surface area contributed by atoms with Gasteiger partial charge < -0.3 is 9.47 Å². The van der Waals surface area contributed by atoms with Crippen molar-refractivity contribution in [3.05, 3.63) is 52.5 Å². The van der Waals surface area contributed by atoms with Gasteiger partial charge in [-0.2, -0.15) is 0 Å². The van der Waals surface area contributed by atoms with Crippen LogP contribution >= 0.6 is 31.9 Å². The first-order chi connectivity index (χ1) is 9.22. The van der Waals surface area contributed by atoms with E-state index in [9.17, 15) is 0 Å². The summed E-state index contributed by atoms with van der Waals surface area (Å²) in [5.41, 5.74) is 1.22. The Balaban J connectivity index is 2.15. The molecule has 0 saturated carbocycles. The zero-order chi connectivity index (χ0) is 13.7. The maximum absolute atomic E-state index is 5.83.